The van der Waals surface area contributed by atoms with Crippen LogP contribution in [0.15, 0.2) is 12.4 Å². The third-order valence-corrected chi connectivity index (χ3v) is 2.61. The number of hydrogen-bond acceptors (Lipinski definition) is 5. The lowest BCUT2D eigenvalue weighted by molar-refractivity contribution is 0.0966. The summed E-state index contributed by atoms with van der Waals surface area (Å²) in [5.41, 5.74) is 0. The van der Waals surface area contributed by atoms with Crippen molar-refractivity contribution in [1.82, 2.24) is 15.2 Å². The standard InChI is InChI=1S/C9H14N4O/c1-7-6-13(5-2-8(7)14)9-10-3-4-11-12-9/h3-4,7-8,14H,2,5-6H2,1H3/t7-,8+/m0/s1. The van der Waals surface area contributed by atoms with Gasteiger partial charge in [0.25, 0.3) is 0 Å². The maximum Gasteiger partial charge on any atom is 0.245 e. The molecule has 0 saturated carbocycles. The first kappa shape index (κ1) is 9.33. The molecule has 0 aromatic carbocycles. The van der Waals surface area contributed by atoms with E-state index < -0.39 is 0 Å². The maximum atomic E-state index is 9.56. The van der Waals surface area contributed by atoms with Crippen molar-refractivity contribution in [3.05, 3.63) is 12.4 Å². The summed E-state index contributed by atoms with van der Waals surface area (Å²) in [5.74, 6) is 0.929. The zero-order chi connectivity index (χ0) is 9.97. The van der Waals surface area contributed by atoms with Gasteiger partial charge >= 0.3 is 0 Å². The van der Waals surface area contributed by atoms with E-state index in [9.17, 15) is 5.11 Å². The van der Waals surface area contributed by atoms with Crippen LogP contribution in [-0.4, -0.2) is 39.5 Å². The third kappa shape index (κ3) is 1.82. The molecule has 1 fully saturated rings. The van der Waals surface area contributed by atoms with Crippen molar-refractivity contribution in [2.45, 2.75) is 19.4 Å². The minimum Gasteiger partial charge on any atom is -0.393 e. The SMILES string of the molecule is C[C@H]1CN(c2nccnn2)CC[C@H]1O. The first-order valence-electron chi connectivity index (χ1n) is 4.84. The van der Waals surface area contributed by atoms with Gasteiger partial charge in [-0.05, 0) is 12.3 Å². The van der Waals surface area contributed by atoms with Gasteiger partial charge < -0.3 is 10.0 Å². The second-order valence-electron chi connectivity index (χ2n) is 3.72. The highest BCUT2D eigenvalue weighted by atomic mass is 16.3. The Labute approximate surface area is 82.8 Å². The van der Waals surface area contributed by atoms with Crippen LogP contribution >= 0.6 is 0 Å². The average molecular weight is 194 g/mol. The van der Waals surface area contributed by atoms with Crippen LogP contribution in [0.4, 0.5) is 5.95 Å². The van der Waals surface area contributed by atoms with Gasteiger partial charge in [0.05, 0.1) is 18.5 Å². The molecule has 5 heteroatoms. The van der Waals surface area contributed by atoms with E-state index in [1.54, 1.807) is 12.4 Å². The summed E-state index contributed by atoms with van der Waals surface area (Å²) in [6.07, 6.45) is 3.78. The van der Waals surface area contributed by atoms with Gasteiger partial charge in [0.1, 0.15) is 0 Å². The molecule has 0 spiro atoms. The molecule has 2 rings (SSSR count). The van der Waals surface area contributed by atoms with Crippen molar-refractivity contribution in [2.24, 2.45) is 5.92 Å². The first-order valence-corrected chi connectivity index (χ1v) is 4.84. The number of piperidine rings is 1. The molecule has 1 aliphatic rings. The highest BCUT2D eigenvalue weighted by Crippen LogP contribution is 2.19. The summed E-state index contributed by atoms with van der Waals surface area (Å²) < 4.78 is 0. The lowest BCUT2D eigenvalue weighted by Crippen LogP contribution is -2.42. The minimum atomic E-state index is -0.192. The summed E-state index contributed by atoms with van der Waals surface area (Å²) in [5, 5.41) is 17.3. The second kappa shape index (κ2) is 3.88. The van der Waals surface area contributed by atoms with Gasteiger partial charge in [0.2, 0.25) is 5.95 Å². The van der Waals surface area contributed by atoms with Crippen LogP contribution in [-0.2, 0) is 0 Å². The molecule has 5 nitrogen and oxygen atoms in total. The zero-order valence-corrected chi connectivity index (χ0v) is 8.17. The van der Waals surface area contributed by atoms with Gasteiger partial charge in [-0.1, -0.05) is 6.92 Å². The number of rotatable bonds is 1. The Kier molecular flexibility index (Phi) is 2.58. The molecule has 2 atom stereocenters. The molecule has 1 aromatic rings. The quantitative estimate of drug-likeness (QED) is 0.686. The predicted octanol–water partition coefficient (Wildman–Crippen LogP) is 0.0787. The molecule has 76 valence electrons. The molecular formula is C9H14N4O. The summed E-state index contributed by atoms with van der Waals surface area (Å²) in [6.45, 7) is 3.64. The molecule has 1 aliphatic heterocycles. The molecule has 0 unspecified atom stereocenters. The van der Waals surface area contributed by atoms with E-state index in [1.807, 2.05) is 6.92 Å². The van der Waals surface area contributed by atoms with Gasteiger partial charge in [-0.25, -0.2) is 4.98 Å². The van der Waals surface area contributed by atoms with E-state index in [0.29, 0.717) is 5.95 Å². The summed E-state index contributed by atoms with van der Waals surface area (Å²) in [4.78, 5) is 6.19. The Balaban J connectivity index is 2.07. The van der Waals surface area contributed by atoms with E-state index in [2.05, 4.69) is 20.1 Å². The van der Waals surface area contributed by atoms with Crippen LogP contribution in [0.3, 0.4) is 0 Å². The predicted molar refractivity (Wildman–Crippen MR) is 51.8 cm³/mol. The number of hydrogen-bond donors (Lipinski definition) is 1. The molecule has 0 amide bonds. The maximum absolute atomic E-state index is 9.56. The average Bonchev–Trinajstić information content (AvgIpc) is 2.23. The summed E-state index contributed by atoms with van der Waals surface area (Å²) >= 11 is 0. The number of anilines is 1. The zero-order valence-electron chi connectivity index (χ0n) is 8.17. The monoisotopic (exact) mass is 194 g/mol. The topological polar surface area (TPSA) is 62.1 Å². The molecule has 0 aliphatic carbocycles. The third-order valence-electron chi connectivity index (χ3n) is 2.61. The van der Waals surface area contributed by atoms with Gasteiger partial charge in [-0.15, -0.1) is 5.10 Å². The lowest BCUT2D eigenvalue weighted by Gasteiger charge is -2.33. The molecule has 1 saturated heterocycles. The first-order chi connectivity index (χ1) is 6.77. The van der Waals surface area contributed by atoms with Gasteiger partial charge in [0, 0.05) is 13.1 Å². The lowest BCUT2D eigenvalue weighted by atomic mass is 9.97. The second-order valence-corrected chi connectivity index (χ2v) is 3.72. The molecule has 0 bridgehead atoms. The van der Waals surface area contributed by atoms with Gasteiger partial charge in [-0.3, -0.25) is 0 Å². The highest BCUT2D eigenvalue weighted by molar-refractivity contribution is 5.28. The normalized spacial score (nSPS) is 27.7. The van der Waals surface area contributed by atoms with Crippen molar-refractivity contribution in [1.29, 1.82) is 0 Å². The molecule has 1 aromatic heterocycles. The minimum absolute atomic E-state index is 0.192. The number of aromatic nitrogens is 3. The Morgan fingerprint density at radius 3 is 3.00 bits per heavy atom. The van der Waals surface area contributed by atoms with Crippen molar-refractivity contribution in [2.75, 3.05) is 18.0 Å². The molecular weight excluding hydrogens is 180 g/mol. The molecule has 14 heavy (non-hydrogen) atoms. The van der Waals surface area contributed by atoms with Crippen molar-refractivity contribution >= 4 is 5.95 Å². The molecule has 0 radical (unpaired) electrons. The molecule has 2 heterocycles. The van der Waals surface area contributed by atoms with Crippen LogP contribution in [0.25, 0.3) is 0 Å². The molecule has 1 N–H and O–H groups in total. The van der Waals surface area contributed by atoms with Crippen LogP contribution < -0.4 is 4.90 Å². The van der Waals surface area contributed by atoms with Crippen molar-refractivity contribution in [3.8, 4) is 0 Å². The van der Waals surface area contributed by atoms with Crippen molar-refractivity contribution in [3.63, 3.8) is 0 Å². The Morgan fingerprint density at radius 1 is 1.50 bits per heavy atom. The largest absolute Gasteiger partial charge is 0.393 e. The van der Waals surface area contributed by atoms with Crippen LogP contribution in [0.5, 0.6) is 0 Å². The van der Waals surface area contributed by atoms with Crippen LogP contribution in [0.2, 0.25) is 0 Å². The smallest absolute Gasteiger partial charge is 0.245 e. The fourth-order valence-electron chi connectivity index (χ4n) is 1.70. The van der Waals surface area contributed by atoms with Gasteiger partial charge in [0.15, 0.2) is 0 Å². The van der Waals surface area contributed by atoms with Crippen LogP contribution in [0.1, 0.15) is 13.3 Å². The van der Waals surface area contributed by atoms with Crippen molar-refractivity contribution < 1.29 is 5.11 Å². The summed E-state index contributed by atoms with van der Waals surface area (Å²) in [7, 11) is 0. The fraction of sp³-hybridized carbons (Fsp3) is 0.667. The Morgan fingerprint density at radius 2 is 2.36 bits per heavy atom. The van der Waals surface area contributed by atoms with E-state index in [1.165, 1.54) is 0 Å². The Bertz CT molecular complexity index is 292. The summed E-state index contributed by atoms with van der Waals surface area (Å²) in [6, 6.07) is 0. The highest BCUT2D eigenvalue weighted by Gasteiger charge is 2.25. The number of aliphatic hydroxyl groups excluding tert-OH is 1. The van der Waals surface area contributed by atoms with Gasteiger partial charge in [-0.2, -0.15) is 5.10 Å². The van der Waals surface area contributed by atoms with E-state index in [-0.39, 0.29) is 12.0 Å². The van der Waals surface area contributed by atoms with E-state index >= 15 is 0 Å². The number of nitrogens with zero attached hydrogens (tertiary/aromatic N) is 4. The fourth-order valence-corrected chi connectivity index (χ4v) is 1.70. The van der Waals surface area contributed by atoms with E-state index in [0.717, 1.165) is 19.5 Å². The van der Waals surface area contributed by atoms with Crippen LogP contribution in [0, 0.1) is 5.92 Å². The number of aliphatic hydroxyl groups is 1. The Hall–Kier alpha value is -1.23. The van der Waals surface area contributed by atoms with E-state index in [4.69, 9.17) is 0 Å².